The van der Waals surface area contributed by atoms with Gasteiger partial charge in [0.25, 0.3) is 5.91 Å². The van der Waals surface area contributed by atoms with E-state index < -0.39 is 0 Å². The molecule has 1 heterocycles. The van der Waals surface area contributed by atoms with E-state index in [9.17, 15) is 9.90 Å². The topological polar surface area (TPSA) is 61.7 Å². The van der Waals surface area contributed by atoms with Crippen molar-refractivity contribution in [3.63, 3.8) is 0 Å². The van der Waals surface area contributed by atoms with E-state index in [4.69, 9.17) is 11.6 Å². The number of para-hydroxylation sites is 1. The molecule has 1 aromatic carbocycles. The number of aromatic hydroxyl groups is 1. The molecule has 1 aromatic heterocycles. The number of halogens is 1. The second-order valence-electron chi connectivity index (χ2n) is 3.36. The van der Waals surface area contributed by atoms with Crippen LogP contribution < -0.4 is 5.43 Å². The molecule has 2 aromatic rings. The van der Waals surface area contributed by atoms with Crippen molar-refractivity contribution in [3.05, 3.63) is 51.2 Å². The zero-order chi connectivity index (χ0) is 13.0. The van der Waals surface area contributed by atoms with Gasteiger partial charge in [-0.15, -0.1) is 11.3 Å². The van der Waals surface area contributed by atoms with E-state index in [1.54, 1.807) is 36.4 Å². The van der Waals surface area contributed by atoms with E-state index in [-0.39, 0.29) is 11.7 Å². The standard InChI is InChI=1S/C12H9ClN2O2S/c13-11-6-5-10(18-11)12(17)15-14-7-8-3-1-2-4-9(8)16/h1-7,16H,(H,15,17)/b14-7+. The molecule has 6 heteroatoms. The lowest BCUT2D eigenvalue weighted by Gasteiger charge is -1.97. The maximum atomic E-state index is 11.6. The molecule has 0 fully saturated rings. The molecule has 0 unspecified atom stereocenters. The van der Waals surface area contributed by atoms with Crippen LogP contribution in [0.3, 0.4) is 0 Å². The van der Waals surface area contributed by atoms with Crippen LogP contribution in [0, 0.1) is 0 Å². The van der Waals surface area contributed by atoms with E-state index >= 15 is 0 Å². The smallest absolute Gasteiger partial charge is 0.281 e. The van der Waals surface area contributed by atoms with Gasteiger partial charge in [-0.25, -0.2) is 5.43 Å². The number of rotatable bonds is 3. The second kappa shape index (κ2) is 5.66. The van der Waals surface area contributed by atoms with Gasteiger partial charge >= 0.3 is 0 Å². The summed E-state index contributed by atoms with van der Waals surface area (Å²) in [4.78, 5) is 12.1. The Balaban J connectivity index is 2.00. The Bertz CT molecular complexity index is 595. The number of phenolic OH excluding ortho intramolecular Hbond substituents is 1. The average Bonchev–Trinajstić information content (AvgIpc) is 2.78. The van der Waals surface area contributed by atoms with Gasteiger partial charge in [0.05, 0.1) is 15.4 Å². The van der Waals surface area contributed by atoms with E-state index in [0.717, 1.165) is 0 Å². The van der Waals surface area contributed by atoms with Gasteiger partial charge in [0.2, 0.25) is 0 Å². The van der Waals surface area contributed by atoms with Crippen LogP contribution in [0.5, 0.6) is 5.75 Å². The molecule has 2 N–H and O–H groups in total. The Morgan fingerprint density at radius 2 is 2.11 bits per heavy atom. The van der Waals surface area contributed by atoms with Crippen LogP contribution in [-0.2, 0) is 0 Å². The summed E-state index contributed by atoms with van der Waals surface area (Å²) in [5, 5.41) is 13.2. The summed E-state index contributed by atoms with van der Waals surface area (Å²) in [5.74, 6) is -0.228. The fraction of sp³-hybridized carbons (Fsp3) is 0. The first-order chi connectivity index (χ1) is 8.66. The van der Waals surface area contributed by atoms with Crippen LogP contribution in [0.2, 0.25) is 4.34 Å². The second-order valence-corrected chi connectivity index (χ2v) is 5.08. The van der Waals surface area contributed by atoms with Crippen molar-refractivity contribution in [1.82, 2.24) is 5.43 Å². The van der Waals surface area contributed by atoms with Crippen LogP contribution in [-0.4, -0.2) is 17.2 Å². The fourth-order valence-corrected chi connectivity index (χ4v) is 2.18. The fourth-order valence-electron chi connectivity index (χ4n) is 1.25. The minimum atomic E-state index is -0.335. The number of hydrazone groups is 1. The van der Waals surface area contributed by atoms with Crippen molar-refractivity contribution in [1.29, 1.82) is 0 Å². The van der Waals surface area contributed by atoms with E-state index in [2.05, 4.69) is 10.5 Å². The van der Waals surface area contributed by atoms with Crippen LogP contribution >= 0.6 is 22.9 Å². The van der Waals surface area contributed by atoms with Gasteiger partial charge in [-0.05, 0) is 24.3 Å². The quantitative estimate of drug-likeness (QED) is 0.671. The van der Waals surface area contributed by atoms with Crippen molar-refractivity contribution in [2.24, 2.45) is 5.10 Å². The molecule has 0 aliphatic heterocycles. The van der Waals surface area contributed by atoms with E-state index in [0.29, 0.717) is 14.8 Å². The molecule has 18 heavy (non-hydrogen) atoms. The average molecular weight is 281 g/mol. The maximum absolute atomic E-state index is 11.6. The molecule has 0 aliphatic rings. The SMILES string of the molecule is O=C(N/N=C/c1ccccc1O)c1ccc(Cl)s1. The number of hydrogen-bond acceptors (Lipinski definition) is 4. The highest BCUT2D eigenvalue weighted by atomic mass is 35.5. The third-order valence-corrected chi connectivity index (χ3v) is 3.33. The molecule has 0 saturated heterocycles. The largest absolute Gasteiger partial charge is 0.507 e. The first-order valence-electron chi connectivity index (χ1n) is 5.03. The molecular formula is C12H9ClN2O2S. The summed E-state index contributed by atoms with van der Waals surface area (Å²) in [7, 11) is 0. The van der Waals surface area contributed by atoms with Crippen molar-refractivity contribution in [3.8, 4) is 5.75 Å². The molecule has 0 radical (unpaired) electrons. The minimum absolute atomic E-state index is 0.106. The lowest BCUT2D eigenvalue weighted by molar-refractivity contribution is 0.0959. The van der Waals surface area contributed by atoms with Gasteiger partial charge in [-0.2, -0.15) is 5.10 Å². The monoisotopic (exact) mass is 280 g/mol. The number of nitrogens with zero attached hydrogens (tertiary/aromatic N) is 1. The third-order valence-electron chi connectivity index (χ3n) is 2.10. The van der Waals surface area contributed by atoms with Gasteiger partial charge in [0.1, 0.15) is 5.75 Å². The number of phenols is 1. The Kier molecular flexibility index (Phi) is 3.96. The number of thiophene rings is 1. The van der Waals surface area contributed by atoms with Gasteiger partial charge in [-0.1, -0.05) is 23.7 Å². The van der Waals surface area contributed by atoms with Crippen molar-refractivity contribution in [2.75, 3.05) is 0 Å². The Labute approximate surface area is 113 Å². The molecular weight excluding hydrogens is 272 g/mol. The number of carbonyl (C=O) groups excluding carboxylic acids is 1. The molecule has 0 atom stereocenters. The van der Waals surface area contributed by atoms with E-state index in [1.165, 1.54) is 17.6 Å². The summed E-state index contributed by atoms with van der Waals surface area (Å²) < 4.78 is 0.546. The van der Waals surface area contributed by atoms with Crippen LogP contribution in [0.25, 0.3) is 0 Å². The molecule has 0 saturated carbocycles. The number of carbonyl (C=O) groups is 1. The molecule has 4 nitrogen and oxygen atoms in total. The van der Waals surface area contributed by atoms with Crippen molar-refractivity contribution in [2.45, 2.75) is 0 Å². The van der Waals surface area contributed by atoms with Crippen LogP contribution in [0.1, 0.15) is 15.2 Å². The molecule has 0 spiro atoms. The summed E-state index contributed by atoms with van der Waals surface area (Å²) in [6.45, 7) is 0. The minimum Gasteiger partial charge on any atom is -0.507 e. The van der Waals surface area contributed by atoms with Crippen LogP contribution in [0.4, 0.5) is 0 Å². The Morgan fingerprint density at radius 3 is 2.78 bits per heavy atom. The number of benzene rings is 1. The normalized spacial score (nSPS) is 10.7. The van der Waals surface area contributed by atoms with Crippen LogP contribution in [0.15, 0.2) is 41.5 Å². The number of amides is 1. The highest BCUT2D eigenvalue weighted by Gasteiger charge is 2.06. The van der Waals surface area contributed by atoms with Gasteiger partial charge in [0, 0.05) is 5.56 Å². The molecule has 0 bridgehead atoms. The number of nitrogens with one attached hydrogen (secondary N) is 1. The third kappa shape index (κ3) is 3.09. The zero-order valence-electron chi connectivity index (χ0n) is 9.13. The van der Waals surface area contributed by atoms with Gasteiger partial charge in [0.15, 0.2) is 0 Å². The summed E-state index contributed by atoms with van der Waals surface area (Å²) in [6.07, 6.45) is 1.38. The lowest BCUT2D eigenvalue weighted by Crippen LogP contribution is -2.16. The van der Waals surface area contributed by atoms with Crippen molar-refractivity contribution < 1.29 is 9.90 Å². The highest BCUT2D eigenvalue weighted by Crippen LogP contribution is 2.21. The Hall–Kier alpha value is -1.85. The molecule has 0 aliphatic carbocycles. The maximum Gasteiger partial charge on any atom is 0.281 e. The van der Waals surface area contributed by atoms with Crippen molar-refractivity contribution >= 4 is 35.1 Å². The first kappa shape index (κ1) is 12.6. The Morgan fingerprint density at radius 1 is 1.33 bits per heavy atom. The predicted molar refractivity (Wildman–Crippen MR) is 72.5 cm³/mol. The van der Waals surface area contributed by atoms with E-state index in [1.807, 2.05) is 0 Å². The zero-order valence-corrected chi connectivity index (χ0v) is 10.7. The summed E-state index contributed by atoms with van der Waals surface area (Å²) in [6, 6.07) is 9.97. The predicted octanol–water partition coefficient (Wildman–Crippen LogP) is 2.87. The lowest BCUT2D eigenvalue weighted by atomic mass is 10.2. The summed E-state index contributed by atoms with van der Waals surface area (Å²) >= 11 is 6.90. The van der Waals surface area contributed by atoms with Gasteiger partial charge < -0.3 is 5.11 Å². The first-order valence-corrected chi connectivity index (χ1v) is 6.23. The molecule has 1 amide bonds. The molecule has 2 rings (SSSR count). The molecule has 92 valence electrons. The number of hydrogen-bond donors (Lipinski definition) is 2. The summed E-state index contributed by atoms with van der Waals surface area (Å²) in [5.41, 5.74) is 2.89. The van der Waals surface area contributed by atoms with Gasteiger partial charge in [-0.3, -0.25) is 4.79 Å². The highest BCUT2D eigenvalue weighted by molar-refractivity contribution is 7.17.